The molecule has 4 rings (SSSR count). The zero-order chi connectivity index (χ0) is 19.8. The summed E-state index contributed by atoms with van der Waals surface area (Å²) in [6.45, 7) is 5.99. The van der Waals surface area contributed by atoms with Crippen LogP contribution in [0.4, 0.5) is 5.69 Å². The van der Waals surface area contributed by atoms with E-state index in [2.05, 4.69) is 15.4 Å². The van der Waals surface area contributed by atoms with Crippen LogP contribution in [0.15, 0.2) is 54.6 Å². The van der Waals surface area contributed by atoms with Gasteiger partial charge in [-0.3, -0.25) is 4.79 Å². The molecule has 0 unspecified atom stereocenters. The molecule has 140 valence electrons. The van der Waals surface area contributed by atoms with Gasteiger partial charge < -0.3 is 5.32 Å². The van der Waals surface area contributed by atoms with Crippen LogP contribution in [0.5, 0.6) is 0 Å². The Morgan fingerprint density at radius 2 is 1.71 bits per heavy atom. The molecule has 0 radical (unpaired) electrons. The van der Waals surface area contributed by atoms with Gasteiger partial charge >= 0.3 is 0 Å². The predicted octanol–water partition coefficient (Wildman–Crippen LogP) is 5.23. The highest BCUT2D eigenvalue weighted by atomic mass is 35.5. The van der Waals surface area contributed by atoms with Crippen molar-refractivity contribution in [2.24, 2.45) is 0 Å². The summed E-state index contributed by atoms with van der Waals surface area (Å²) in [4.78, 5) is 17.3. The topological polar surface area (TPSA) is 59.3 Å². The number of fused-ring (bicyclic) bond motifs is 1. The van der Waals surface area contributed by atoms with Crippen molar-refractivity contribution in [3.8, 4) is 11.3 Å². The van der Waals surface area contributed by atoms with E-state index in [1.807, 2.05) is 69.3 Å². The van der Waals surface area contributed by atoms with Gasteiger partial charge in [-0.25, -0.2) is 9.50 Å². The van der Waals surface area contributed by atoms with Crippen LogP contribution in [-0.2, 0) is 0 Å². The summed E-state index contributed by atoms with van der Waals surface area (Å²) >= 11 is 5.97. The number of halogens is 1. The quantitative estimate of drug-likeness (QED) is 0.521. The van der Waals surface area contributed by atoms with Gasteiger partial charge in [0.15, 0.2) is 11.3 Å². The van der Waals surface area contributed by atoms with Crippen LogP contribution >= 0.6 is 11.6 Å². The zero-order valence-corrected chi connectivity index (χ0v) is 16.6. The third kappa shape index (κ3) is 3.49. The number of hydrogen-bond acceptors (Lipinski definition) is 3. The average molecular weight is 391 g/mol. The Bertz CT molecular complexity index is 1200. The molecule has 5 nitrogen and oxygen atoms in total. The Morgan fingerprint density at radius 1 is 0.964 bits per heavy atom. The second-order valence-electron chi connectivity index (χ2n) is 6.84. The minimum absolute atomic E-state index is 0.263. The molecular formula is C22H19ClN4O. The first-order valence-electron chi connectivity index (χ1n) is 8.93. The molecule has 4 aromatic rings. The first-order valence-corrected chi connectivity index (χ1v) is 9.30. The maximum atomic E-state index is 12.7. The van der Waals surface area contributed by atoms with Crippen molar-refractivity contribution in [1.82, 2.24) is 14.6 Å². The summed E-state index contributed by atoms with van der Waals surface area (Å²) in [5.74, 6) is -0.263. The van der Waals surface area contributed by atoms with Gasteiger partial charge in [-0.05, 0) is 62.2 Å². The number of hydrogen-bond donors (Lipinski definition) is 1. The second-order valence-corrected chi connectivity index (χ2v) is 7.28. The van der Waals surface area contributed by atoms with E-state index in [4.69, 9.17) is 11.6 Å². The van der Waals surface area contributed by atoms with Crippen LogP contribution in [0.25, 0.3) is 16.9 Å². The van der Waals surface area contributed by atoms with E-state index >= 15 is 0 Å². The minimum atomic E-state index is -0.263. The number of benzene rings is 2. The maximum Gasteiger partial charge on any atom is 0.276 e. The van der Waals surface area contributed by atoms with Gasteiger partial charge in [-0.1, -0.05) is 29.8 Å². The summed E-state index contributed by atoms with van der Waals surface area (Å²) in [5, 5.41) is 8.00. The fourth-order valence-corrected chi connectivity index (χ4v) is 3.14. The Kier molecular flexibility index (Phi) is 4.61. The Hall–Kier alpha value is -3.18. The lowest BCUT2D eigenvalue weighted by Gasteiger charge is -2.06. The van der Waals surface area contributed by atoms with Crippen molar-refractivity contribution in [2.45, 2.75) is 20.8 Å². The fraction of sp³-hybridized carbons (Fsp3) is 0.136. The molecule has 0 aliphatic rings. The highest BCUT2D eigenvalue weighted by Gasteiger charge is 2.14. The van der Waals surface area contributed by atoms with Gasteiger partial charge in [0.2, 0.25) is 0 Å². The molecule has 1 amide bonds. The fourth-order valence-electron chi connectivity index (χ4n) is 3.02. The van der Waals surface area contributed by atoms with Crippen molar-refractivity contribution < 1.29 is 4.79 Å². The first kappa shape index (κ1) is 18.2. The molecule has 0 saturated carbocycles. The molecule has 0 aliphatic heterocycles. The molecule has 2 aromatic heterocycles. The second kappa shape index (κ2) is 7.09. The van der Waals surface area contributed by atoms with Crippen molar-refractivity contribution in [3.05, 3.63) is 82.1 Å². The van der Waals surface area contributed by atoms with E-state index < -0.39 is 0 Å². The minimum Gasteiger partial charge on any atom is -0.321 e. The van der Waals surface area contributed by atoms with E-state index in [-0.39, 0.29) is 5.91 Å². The molecule has 1 N–H and O–H groups in total. The average Bonchev–Trinajstić information content (AvgIpc) is 3.10. The Labute approximate surface area is 168 Å². The number of nitrogens with zero attached hydrogens (tertiary/aromatic N) is 3. The molecule has 2 heterocycles. The number of rotatable bonds is 3. The van der Waals surface area contributed by atoms with E-state index in [9.17, 15) is 4.79 Å². The SMILES string of the molecule is Cc1ccc(NC(=O)c2cc3nc(-c4ccc(Cl)cc4)cc(C)n3n2)cc1C. The summed E-state index contributed by atoms with van der Waals surface area (Å²) in [6, 6.07) is 17.0. The van der Waals surface area contributed by atoms with Gasteiger partial charge in [0.05, 0.1) is 5.69 Å². The smallest absolute Gasteiger partial charge is 0.276 e. The maximum absolute atomic E-state index is 12.7. The number of anilines is 1. The molecular weight excluding hydrogens is 372 g/mol. The van der Waals surface area contributed by atoms with Crippen molar-refractivity contribution in [2.75, 3.05) is 5.32 Å². The normalized spacial score (nSPS) is 11.0. The summed E-state index contributed by atoms with van der Waals surface area (Å²) < 4.78 is 1.68. The van der Waals surface area contributed by atoms with Gasteiger partial charge in [0.25, 0.3) is 5.91 Å². The van der Waals surface area contributed by atoms with Crippen molar-refractivity contribution >= 4 is 28.8 Å². The Morgan fingerprint density at radius 3 is 2.43 bits per heavy atom. The van der Waals surface area contributed by atoms with Crippen molar-refractivity contribution in [1.29, 1.82) is 0 Å². The lowest BCUT2D eigenvalue weighted by molar-refractivity contribution is 0.102. The molecule has 0 bridgehead atoms. The zero-order valence-electron chi connectivity index (χ0n) is 15.8. The number of nitrogens with one attached hydrogen (secondary N) is 1. The summed E-state index contributed by atoms with van der Waals surface area (Å²) in [5.41, 5.74) is 6.65. The summed E-state index contributed by atoms with van der Waals surface area (Å²) in [7, 11) is 0. The number of carbonyl (C=O) groups is 1. The largest absolute Gasteiger partial charge is 0.321 e. The molecule has 0 spiro atoms. The molecule has 2 aromatic carbocycles. The van der Waals surface area contributed by atoms with E-state index in [0.29, 0.717) is 16.4 Å². The van der Waals surface area contributed by atoms with E-state index in [1.165, 1.54) is 5.56 Å². The van der Waals surface area contributed by atoms with Crippen LogP contribution in [0, 0.1) is 20.8 Å². The molecule has 0 aliphatic carbocycles. The molecule has 0 atom stereocenters. The highest BCUT2D eigenvalue weighted by molar-refractivity contribution is 6.30. The molecule has 0 saturated heterocycles. The first-order chi connectivity index (χ1) is 13.4. The highest BCUT2D eigenvalue weighted by Crippen LogP contribution is 2.22. The van der Waals surface area contributed by atoms with Crippen LogP contribution in [0.1, 0.15) is 27.3 Å². The molecule has 28 heavy (non-hydrogen) atoms. The number of carbonyl (C=O) groups excluding carboxylic acids is 1. The summed E-state index contributed by atoms with van der Waals surface area (Å²) in [6.07, 6.45) is 0. The van der Waals surface area contributed by atoms with E-state index in [0.717, 1.165) is 28.2 Å². The van der Waals surface area contributed by atoms with Crippen LogP contribution in [0.2, 0.25) is 5.02 Å². The monoisotopic (exact) mass is 390 g/mol. The number of aromatic nitrogens is 3. The third-order valence-corrected chi connectivity index (χ3v) is 4.99. The standard InChI is InChI=1S/C22H19ClN4O/c1-13-4-9-18(10-14(13)2)24-22(28)20-12-21-25-19(11-15(3)27(21)26-20)16-5-7-17(23)8-6-16/h4-12H,1-3H3,(H,24,28). The molecule has 0 fully saturated rings. The van der Waals surface area contributed by atoms with Gasteiger partial charge in [-0.2, -0.15) is 5.10 Å². The van der Waals surface area contributed by atoms with Gasteiger partial charge in [0, 0.05) is 28.0 Å². The van der Waals surface area contributed by atoms with Gasteiger partial charge in [0.1, 0.15) is 0 Å². The van der Waals surface area contributed by atoms with E-state index in [1.54, 1.807) is 10.6 Å². The predicted molar refractivity (Wildman–Crippen MR) is 112 cm³/mol. The lowest BCUT2D eigenvalue weighted by Crippen LogP contribution is -2.13. The van der Waals surface area contributed by atoms with Crippen LogP contribution in [0.3, 0.4) is 0 Å². The lowest BCUT2D eigenvalue weighted by atomic mass is 10.1. The number of aryl methyl sites for hydroxylation is 3. The Balaban J connectivity index is 1.67. The van der Waals surface area contributed by atoms with Crippen LogP contribution in [-0.4, -0.2) is 20.5 Å². The molecule has 6 heteroatoms. The number of amides is 1. The van der Waals surface area contributed by atoms with Crippen molar-refractivity contribution in [3.63, 3.8) is 0 Å². The van der Waals surface area contributed by atoms with Crippen LogP contribution < -0.4 is 5.32 Å². The third-order valence-electron chi connectivity index (χ3n) is 4.74. The van der Waals surface area contributed by atoms with Gasteiger partial charge in [-0.15, -0.1) is 0 Å².